The van der Waals surface area contributed by atoms with Crippen LogP contribution in [0.3, 0.4) is 0 Å². The molecule has 0 aliphatic carbocycles. The molecular formula is C14H20ClFN2O2. The number of nitro benzene ring substituents is 1. The van der Waals surface area contributed by atoms with E-state index in [1.165, 1.54) is 6.42 Å². The van der Waals surface area contributed by atoms with Gasteiger partial charge < -0.3 is 5.32 Å². The second-order valence-corrected chi connectivity index (χ2v) is 5.34. The van der Waals surface area contributed by atoms with E-state index in [9.17, 15) is 14.5 Å². The number of anilines is 1. The van der Waals surface area contributed by atoms with Crippen LogP contribution in [0, 0.1) is 15.9 Å². The minimum Gasteiger partial charge on any atom is -0.377 e. The summed E-state index contributed by atoms with van der Waals surface area (Å²) in [5, 5.41) is 13.7. The molecular weight excluding hydrogens is 283 g/mol. The first-order valence-electron chi connectivity index (χ1n) is 6.85. The van der Waals surface area contributed by atoms with Crippen LogP contribution in [0.15, 0.2) is 12.1 Å². The number of unbranched alkanes of at least 4 members (excludes halogenated alkanes) is 3. The van der Waals surface area contributed by atoms with Crippen LogP contribution in [0.1, 0.15) is 46.0 Å². The van der Waals surface area contributed by atoms with E-state index in [1.807, 2.05) is 6.92 Å². The molecule has 1 N–H and O–H groups in total. The molecule has 6 heteroatoms. The summed E-state index contributed by atoms with van der Waals surface area (Å²) >= 11 is 5.58. The van der Waals surface area contributed by atoms with Crippen molar-refractivity contribution >= 4 is 23.0 Å². The minimum atomic E-state index is -0.655. The molecule has 0 fully saturated rings. The predicted molar refractivity (Wildman–Crippen MR) is 79.9 cm³/mol. The third-order valence-electron chi connectivity index (χ3n) is 3.13. The molecule has 0 radical (unpaired) electrons. The van der Waals surface area contributed by atoms with E-state index >= 15 is 0 Å². The smallest absolute Gasteiger partial charge is 0.294 e. The highest BCUT2D eigenvalue weighted by molar-refractivity contribution is 6.31. The largest absolute Gasteiger partial charge is 0.377 e. The second kappa shape index (κ2) is 8.04. The van der Waals surface area contributed by atoms with Crippen LogP contribution >= 0.6 is 11.6 Å². The van der Waals surface area contributed by atoms with E-state index in [4.69, 9.17) is 11.6 Å². The Hall–Kier alpha value is -1.36. The lowest BCUT2D eigenvalue weighted by Gasteiger charge is -2.15. The van der Waals surface area contributed by atoms with Gasteiger partial charge in [0.05, 0.1) is 9.95 Å². The highest BCUT2D eigenvalue weighted by atomic mass is 35.5. The van der Waals surface area contributed by atoms with E-state index in [2.05, 4.69) is 12.2 Å². The Labute approximate surface area is 123 Å². The zero-order valence-electron chi connectivity index (χ0n) is 11.8. The van der Waals surface area contributed by atoms with Crippen LogP contribution in [0.25, 0.3) is 0 Å². The zero-order chi connectivity index (χ0) is 15.1. The Morgan fingerprint density at radius 1 is 1.40 bits per heavy atom. The van der Waals surface area contributed by atoms with Gasteiger partial charge in [0.25, 0.3) is 5.69 Å². The summed E-state index contributed by atoms with van der Waals surface area (Å²) in [5.41, 5.74) is -0.0169. The maximum atomic E-state index is 13.4. The van der Waals surface area contributed by atoms with Crippen molar-refractivity contribution in [3.8, 4) is 0 Å². The van der Waals surface area contributed by atoms with Gasteiger partial charge >= 0.3 is 0 Å². The number of hydrogen-bond donors (Lipinski definition) is 1. The van der Waals surface area contributed by atoms with Gasteiger partial charge in [-0.3, -0.25) is 10.1 Å². The molecule has 1 aromatic carbocycles. The molecule has 1 unspecified atom stereocenters. The van der Waals surface area contributed by atoms with E-state index in [0.29, 0.717) is 0 Å². The number of benzene rings is 1. The van der Waals surface area contributed by atoms with Gasteiger partial charge in [-0.1, -0.05) is 44.2 Å². The lowest BCUT2D eigenvalue weighted by Crippen LogP contribution is -2.16. The first kappa shape index (κ1) is 16.7. The van der Waals surface area contributed by atoms with Gasteiger partial charge in [0.2, 0.25) is 0 Å². The molecule has 0 spiro atoms. The quantitative estimate of drug-likeness (QED) is 0.410. The normalized spacial score (nSPS) is 12.2. The van der Waals surface area contributed by atoms with E-state index < -0.39 is 10.7 Å². The molecule has 1 atom stereocenters. The van der Waals surface area contributed by atoms with Crippen LogP contribution in [-0.2, 0) is 0 Å². The first-order chi connectivity index (χ1) is 9.45. The highest BCUT2D eigenvalue weighted by Crippen LogP contribution is 2.31. The summed E-state index contributed by atoms with van der Waals surface area (Å²) in [7, 11) is 0. The van der Waals surface area contributed by atoms with Gasteiger partial charge in [-0.25, -0.2) is 4.39 Å². The van der Waals surface area contributed by atoms with Crippen LogP contribution < -0.4 is 5.32 Å². The summed E-state index contributed by atoms with van der Waals surface area (Å²) in [6.45, 7) is 4.07. The highest BCUT2D eigenvalue weighted by Gasteiger charge is 2.18. The van der Waals surface area contributed by atoms with Crippen LogP contribution in [0.2, 0.25) is 5.02 Å². The molecule has 0 bridgehead atoms. The fourth-order valence-electron chi connectivity index (χ4n) is 2.02. The van der Waals surface area contributed by atoms with Gasteiger partial charge in [-0.05, 0) is 13.3 Å². The predicted octanol–water partition coefficient (Wildman–Crippen LogP) is 5.16. The van der Waals surface area contributed by atoms with E-state index in [-0.39, 0.29) is 22.4 Å². The summed E-state index contributed by atoms with van der Waals surface area (Å²) in [5.74, 6) is -0.655. The molecule has 0 heterocycles. The number of nitrogens with zero attached hydrogens (tertiary/aromatic N) is 1. The lowest BCUT2D eigenvalue weighted by atomic mass is 10.1. The van der Waals surface area contributed by atoms with Crippen molar-refractivity contribution in [3.05, 3.63) is 33.1 Å². The summed E-state index contributed by atoms with van der Waals surface area (Å²) in [6.07, 6.45) is 5.42. The molecule has 1 aromatic rings. The fraction of sp³-hybridized carbons (Fsp3) is 0.571. The average molecular weight is 303 g/mol. The Morgan fingerprint density at radius 2 is 2.10 bits per heavy atom. The average Bonchev–Trinajstić information content (AvgIpc) is 2.38. The molecule has 0 saturated heterocycles. The number of halogens is 2. The molecule has 112 valence electrons. The van der Waals surface area contributed by atoms with Crippen molar-refractivity contribution in [2.24, 2.45) is 0 Å². The van der Waals surface area contributed by atoms with E-state index in [0.717, 1.165) is 37.8 Å². The summed E-state index contributed by atoms with van der Waals surface area (Å²) in [6, 6.07) is 2.18. The van der Waals surface area contributed by atoms with Crippen molar-refractivity contribution < 1.29 is 9.31 Å². The SMILES string of the molecule is CCCCCCC(C)Nc1cc(F)c(Cl)cc1[N+](=O)[O-]. The molecule has 0 saturated carbocycles. The number of rotatable bonds is 8. The van der Waals surface area contributed by atoms with Crippen LogP contribution in [-0.4, -0.2) is 11.0 Å². The Balaban J connectivity index is 2.70. The molecule has 20 heavy (non-hydrogen) atoms. The van der Waals surface area contributed by atoms with Gasteiger partial charge in [-0.15, -0.1) is 0 Å². The third-order valence-corrected chi connectivity index (χ3v) is 3.42. The minimum absolute atomic E-state index is 0.0473. The Morgan fingerprint density at radius 3 is 2.70 bits per heavy atom. The second-order valence-electron chi connectivity index (χ2n) is 4.94. The van der Waals surface area contributed by atoms with Gasteiger partial charge in [0.15, 0.2) is 0 Å². The van der Waals surface area contributed by atoms with Crippen molar-refractivity contribution in [2.75, 3.05) is 5.32 Å². The van der Waals surface area contributed by atoms with Crippen molar-refractivity contribution in [1.29, 1.82) is 0 Å². The number of hydrogen-bond acceptors (Lipinski definition) is 3. The van der Waals surface area contributed by atoms with Crippen molar-refractivity contribution in [1.82, 2.24) is 0 Å². The lowest BCUT2D eigenvalue weighted by molar-refractivity contribution is -0.384. The summed E-state index contributed by atoms with van der Waals surface area (Å²) in [4.78, 5) is 10.4. The monoisotopic (exact) mass is 302 g/mol. The fourth-order valence-corrected chi connectivity index (χ4v) is 2.18. The van der Waals surface area contributed by atoms with Gasteiger partial charge in [0, 0.05) is 18.2 Å². The molecule has 0 aliphatic heterocycles. The first-order valence-corrected chi connectivity index (χ1v) is 7.23. The van der Waals surface area contributed by atoms with Gasteiger partial charge in [0.1, 0.15) is 11.5 Å². The number of nitrogens with one attached hydrogen (secondary N) is 1. The number of nitro groups is 1. The molecule has 0 aromatic heterocycles. The maximum absolute atomic E-state index is 13.4. The maximum Gasteiger partial charge on any atom is 0.294 e. The van der Waals surface area contributed by atoms with E-state index in [1.54, 1.807) is 0 Å². The third kappa shape index (κ3) is 4.96. The van der Waals surface area contributed by atoms with Crippen molar-refractivity contribution in [3.63, 3.8) is 0 Å². The Kier molecular flexibility index (Phi) is 6.71. The molecule has 0 aliphatic rings. The Bertz CT molecular complexity index is 469. The van der Waals surface area contributed by atoms with Crippen molar-refractivity contribution in [2.45, 2.75) is 52.0 Å². The zero-order valence-corrected chi connectivity index (χ0v) is 12.5. The molecule has 0 amide bonds. The van der Waals surface area contributed by atoms with Crippen LogP contribution in [0.5, 0.6) is 0 Å². The summed E-state index contributed by atoms with van der Waals surface area (Å²) < 4.78 is 13.4. The van der Waals surface area contributed by atoms with Gasteiger partial charge in [-0.2, -0.15) is 0 Å². The topological polar surface area (TPSA) is 55.2 Å². The molecule has 4 nitrogen and oxygen atoms in total. The molecule has 1 rings (SSSR count). The standard InChI is InChI=1S/C14H20ClFN2O2/c1-3-4-5-6-7-10(2)17-13-9-12(16)11(15)8-14(13)18(19)20/h8-10,17H,3-7H2,1-2H3. The van der Waals surface area contributed by atoms with Crippen LogP contribution in [0.4, 0.5) is 15.8 Å².